The molecule has 1 aliphatic rings. The van der Waals surface area contributed by atoms with E-state index in [1.165, 1.54) is 17.7 Å². The summed E-state index contributed by atoms with van der Waals surface area (Å²) >= 11 is 1.28. The van der Waals surface area contributed by atoms with Gasteiger partial charge in [-0.1, -0.05) is 0 Å². The molecule has 3 rings (SSSR count). The number of hydrogen-bond donors (Lipinski definition) is 2. The van der Waals surface area contributed by atoms with Gasteiger partial charge in [0.15, 0.2) is 5.13 Å². The van der Waals surface area contributed by atoms with E-state index >= 15 is 0 Å². The Labute approximate surface area is 131 Å². The Bertz CT molecular complexity index is 711. The summed E-state index contributed by atoms with van der Waals surface area (Å²) in [6, 6.07) is 1.73. The third-order valence-electron chi connectivity index (χ3n) is 3.31. The van der Waals surface area contributed by atoms with Gasteiger partial charge < -0.3 is 5.32 Å². The first-order chi connectivity index (χ1) is 10.7. The molecule has 0 radical (unpaired) electrons. The summed E-state index contributed by atoms with van der Waals surface area (Å²) in [5, 5.41) is 7.44. The minimum Gasteiger partial charge on any atom is -0.359 e. The molecule has 8 heteroatoms. The molecule has 2 aromatic rings. The topological polar surface area (TPSA) is 96.9 Å². The highest BCUT2D eigenvalue weighted by atomic mass is 32.1. The fraction of sp³-hybridized carbons (Fsp3) is 0.357. The number of anilines is 1. The van der Waals surface area contributed by atoms with Gasteiger partial charge in [-0.15, -0.1) is 11.3 Å². The van der Waals surface area contributed by atoms with E-state index in [9.17, 15) is 9.59 Å². The molecule has 2 heterocycles. The fourth-order valence-electron chi connectivity index (χ4n) is 1.96. The molecule has 0 aromatic carbocycles. The van der Waals surface area contributed by atoms with E-state index in [2.05, 4.69) is 25.6 Å². The summed E-state index contributed by atoms with van der Waals surface area (Å²) < 4.78 is 0. The van der Waals surface area contributed by atoms with Gasteiger partial charge in [-0.25, -0.2) is 15.0 Å². The third-order valence-corrected chi connectivity index (χ3v) is 4.12. The van der Waals surface area contributed by atoms with Crippen LogP contribution in [-0.2, 0) is 11.2 Å². The predicted molar refractivity (Wildman–Crippen MR) is 81.8 cm³/mol. The smallest absolute Gasteiger partial charge is 0.276 e. The molecule has 0 aliphatic heterocycles. The van der Waals surface area contributed by atoms with E-state index in [0.717, 1.165) is 18.5 Å². The Kier molecular flexibility index (Phi) is 4.10. The Morgan fingerprint density at radius 2 is 2.18 bits per heavy atom. The van der Waals surface area contributed by atoms with Crippen molar-refractivity contribution < 1.29 is 9.59 Å². The minimum atomic E-state index is -0.315. The molecule has 0 bridgehead atoms. The number of likely N-dealkylation sites (N-methyl/N-ethyl adjacent to an activating group) is 1. The van der Waals surface area contributed by atoms with Crippen molar-refractivity contribution in [2.45, 2.75) is 25.2 Å². The van der Waals surface area contributed by atoms with Crippen molar-refractivity contribution in [3.8, 4) is 0 Å². The van der Waals surface area contributed by atoms with Crippen LogP contribution in [0.2, 0.25) is 0 Å². The second-order valence-electron chi connectivity index (χ2n) is 5.05. The lowest BCUT2D eigenvalue weighted by Crippen LogP contribution is -2.20. The summed E-state index contributed by atoms with van der Waals surface area (Å²) in [7, 11) is 1.57. The zero-order valence-corrected chi connectivity index (χ0v) is 12.8. The first-order valence-electron chi connectivity index (χ1n) is 6.94. The summed E-state index contributed by atoms with van der Waals surface area (Å²) in [6.07, 6.45) is 3.85. The van der Waals surface area contributed by atoms with E-state index in [4.69, 9.17) is 0 Å². The van der Waals surface area contributed by atoms with Crippen LogP contribution in [0, 0.1) is 0 Å². The van der Waals surface area contributed by atoms with Crippen LogP contribution in [0.1, 0.15) is 40.6 Å². The molecule has 1 saturated carbocycles. The maximum atomic E-state index is 12.2. The number of carbonyl (C=O) groups is 2. The van der Waals surface area contributed by atoms with Gasteiger partial charge in [-0.05, 0) is 18.9 Å². The van der Waals surface area contributed by atoms with Crippen molar-refractivity contribution >= 4 is 28.3 Å². The van der Waals surface area contributed by atoms with Crippen molar-refractivity contribution in [2.75, 3.05) is 12.4 Å². The zero-order valence-electron chi connectivity index (χ0n) is 12.0. The van der Waals surface area contributed by atoms with Crippen LogP contribution in [0.25, 0.3) is 0 Å². The highest BCUT2D eigenvalue weighted by Crippen LogP contribution is 2.38. The SMILES string of the molecule is CNC(=O)Cc1csc(NC(=O)c2cc(C3CC3)ncn2)n1. The van der Waals surface area contributed by atoms with Crippen LogP contribution in [0.5, 0.6) is 0 Å². The Hall–Kier alpha value is -2.35. The summed E-state index contributed by atoms with van der Waals surface area (Å²) in [5.74, 6) is 0.0340. The van der Waals surface area contributed by atoms with Crippen molar-refractivity contribution in [3.63, 3.8) is 0 Å². The molecule has 0 spiro atoms. The van der Waals surface area contributed by atoms with E-state index in [1.807, 2.05) is 0 Å². The third kappa shape index (κ3) is 3.45. The molecule has 0 saturated heterocycles. The molecule has 2 N–H and O–H groups in total. The summed E-state index contributed by atoms with van der Waals surface area (Å²) in [4.78, 5) is 35.9. The van der Waals surface area contributed by atoms with Gasteiger partial charge in [0.2, 0.25) is 5.91 Å². The van der Waals surface area contributed by atoms with Crippen molar-refractivity contribution in [2.24, 2.45) is 0 Å². The predicted octanol–water partition coefficient (Wildman–Crippen LogP) is 1.35. The monoisotopic (exact) mass is 317 g/mol. The minimum absolute atomic E-state index is 0.118. The van der Waals surface area contributed by atoms with E-state index < -0.39 is 0 Å². The number of thiazole rings is 1. The van der Waals surface area contributed by atoms with Crippen LogP contribution in [0.3, 0.4) is 0 Å². The highest BCUT2D eigenvalue weighted by molar-refractivity contribution is 7.14. The van der Waals surface area contributed by atoms with Crippen molar-refractivity contribution in [1.29, 1.82) is 0 Å². The largest absolute Gasteiger partial charge is 0.359 e. The Morgan fingerprint density at radius 3 is 2.91 bits per heavy atom. The van der Waals surface area contributed by atoms with Gasteiger partial charge in [0.1, 0.15) is 12.0 Å². The molecular formula is C14H15N5O2S. The number of hydrogen-bond acceptors (Lipinski definition) is 6. The first kappa shape index (κ1) is 14.6. The zero-order chi connectivity index (χ0) is 15.5. The standard InChI is InChI=1S/C14H15N5O2S/c1-15-12(20)4-9-6-22-14(18-9)19-13(21)11-5-10(8-2-3-8)16-7-17-11/h5-8H,2-4H2,1H3,(H,15,20)(H,18,19,21). The lowest BCUT2D eigenvalue weighted by Gasteiger charge is -2.02. The molecule has 0 unspecified atom stereocenters. The van der Waals surface area contributed by atoms with Crippen molar-refractivity contribution in [1.82, 2.24) is 20.3 Å². The average molecular weight is 317 g/mol. The highest BCUT2D eigenvalue weighted by Gasteiger charge is 2.26. The van der Waals surface area contributed by atoms with Gasteiger partial charge in [-0.2, -0.15) is 0 Å². The lowest BCUT2D eigenvalue weighted by molar-refractivity contribution is -0.120. The normalized spacial score (nSPS) is 13.7. The fourth-order valence-corrected chi connectivity index (χ4v) is 2.66. The molecule has 2 amide bonds. The number of aromatic nitrogens is 3. The van der Waals surface area contributed by atoms with Gasteiger partial charge >= 0.3 is 0 Å². The van der Waals surface area contributed by atoms with Crippen LogP contribution in [0.4, 0.5) is 5.13 Å². The van der Waals surface area contributed by atoms with Crippen molar-refractivity contribution in [3.05, 3.63) is 34.9 Å². The Morgan fingerprint density at radius 1 is 1.36 bits per heavy atom. The summed E-state index contributed by atoms with van der Waals surface area (Å²) in [6.45, 7) is 0. The van der Waals surface area contributed by atoms with Gasteiger partial charge in [0.05, 0.1) is 12.1 Å². The first-order valence-corrected chi connectivity index (χ1v) is 7.82. The average Bonchev–Trinajstić information content (AvgIpc) is 3.30. The van der Waals surface area contributed by atoms with Crippen LogP contribution >= 0.6 is 11.3 Å². The molecule has 114 valence electrons. The Balaban J connectivity index is 1.66. The number of rotatable bonds is 5. The number of nitrogens with zero attached hydrogens (tertiary/aromatic N) is 3. The lowest BCUT2D eigenvalue weighted by atomic mass is 10.2. The van der Waals surface area contributed by atoms with Crippen LogP contribution < -0.4 is 10.6 Å². The molecule has 0 atom stereocenters. The molecule has 7 nitrogen and oxygen atoms in total. The van der Waals surface area contributed by atoms with E-state index in [1.54, 1.807) is 18.5 Å². The van der Waals surface area contributed by atoms with Gasteiger partial charge in [0.25, 0.3) is 5.91 Å². The molecule has 1 fully saturated rings. The van der Waals surface area contributed by atoms with Crippen LogP contribution in [-0.4, -0.2) is 33.8 Å². The number of nitrogens with one attached hydrogen (secondary N) is 2. The van der Waals surface area contributed by atoms with Gasteiger partial charge in [-0.3, -0.25) is 14.9 Å². The van der Waals surface area contributed by atoms with Crippen LogP contribution in [0.15, 0.2) is 17.8 Å². The molecule has 1 aliphatic carbocycles. The molecule has 22 heavy (non-hydrogen) atoms. The second kappa shape index (κ2) is 6.18. The second-order valence-corrected chi connectivity index (χ2v) is 5.91. The maximum Gasteiger partial charge on any atom is 0.276 e. The summed E-state index contributed by atoms with van der Waals surface area (Å²) in [5.41, 5.74) is 1.88. The van der Waals surface area contributed by atoms with E-state index in [-0.39, 0.29) is 18.2 Å². The van der Waals surface area contributed by atoms with Gasteiger partial charge in [0, 0.05) is 24.0 Å². The number of carbonyl (C=O) groups excluding carboxylic acids is 2. The maximum absolute atomic E-state index is 12.2. The quantitative estimate of drug-likeness (QED) is 0.867. The molecule has 2 aromatic heterocycles. The van der Waals surface area contributed by atoms with E-state index in [0.29, 0.717) is 22.4 Å². The number of amides is 2. The molecular weight excluding hydrogens is 302 g/mol.